The van der Waals surface area contributed by atoms with Crippen LogP contribution in [-0.2, 0) is 9.59 Å². The van der Waals surface area contributed by atoms with Crippen LogP contribution >= 0.6 is 0 Å². The largest absolute Gasteiger partial charge is 0.495 e. The van der Waals surface area contributed by atoms with E-state index < -0.39 is 23.3 Å². The minimum absolute atomic E-state index is 0.177. The summed E-state index contributed by atoms with van der Waals surface area (Å²) in [5.41, 5.74) is 5.28. The number of rotatable bonds is 2. The zero-order valence-electron chi connectivity index (χ0n) is 12.1. The number of carbonyl (C=O) groups is 3. The van der Waals surface area contributed by atoms with E-state index in [9.17, 15) is 14.4 Å². The minimum atomic E-state index is -1.11. The molecule has 0 aromatic heterocycles. The molecule has 0 saturated carbocycles. The van der Waals surface area contributed by atoms with E-state index in [0.29, 0.717) is 17.0 Å². The zero-order chi connectivity index (χ0) is 15.8. The van der Waals surface area contributed by atoms with Gasteiger partial charge in [-0.25, -0.2) is 0 Å². The fourth-order valence-electron chi connectivity index (χ4n) is 2.13. The second-order valence-corrected chi connectivity index (χ2v) is 5.28. The van der Waals surface area contributed by atoms with Gasteiger partial charge in [0.15, 0.2) is 0 Å². The maximum Gasteiger partial charge on any atom is 0.255 e. The van der Waals surface area contributed by atoms with E-state index in [0.717, 1.165) is 0 Å². The normalized spacial score (nSPS) is 17.4. The summed E-state index contributed by atoms with van der Waals surface area (Å²) in [5.74, 6) is -0.987. The molecule has 1 aliphatic heterocycles. The van der Waals surface area contributed by atoms with Crippen molar-refractivity contribution in [2.45, 2.75) is 19.4 Å². The smallest absolute Gasteiger partial charge is 0.255 e. The molecule has 1 aromatic rings. The molecule has 3 N–H and O–H groups in total. The van der Waals surface area contributed by atoms with Crippen molar-refractivity contribution >= 4 is 23.4 Å². The van der Waals surface area contributed by atoms with Crippen LogP contribution in [0.4, 0.5) is 5.69 Å². The Morgan fingerprint density at radius 2 is 2.05 bits per heavy atom. The molecule has 7 nitrogen and oxygen atoms in total. The fourth-order valence-corrected chi connectivity index (χ4v) is 2.13. The molecule has 1 saturated heterocycles. The number of nitrogen functional groups attached to an aromatic ring is 1. The van der Waals surface area contributed by atoms with Crippen LogP contribution in [0.1, 0.15) is 24.2 Å². The number of ether oxygens (including phenoxy) is 1. The van der Waals surface area contributed by atoms with Crippen LogP contribution in [0.15, 0.2) is 18.2 Å². The highest BCUT2D eigenvalue weighted by molar-refractivity contribution is 6.09. The van der Waals surface area contributed by atoms with E-state index in [1.807, 2.05) is 0 Å². The van der Waals surface area contributed by atoms with E-state index in [4.69, 9.17) is 10.5 Å². The number of piperazine rings is 1. The van der Waals surface area contributed by atoms with Gasteiger partial charge in [-0.3, -0.25) is 19.7 Å². The SMILES string of the molecule is COc1ccc(C(=O)N2CC(=O)NC(=O)C2(C)C)cc1N. The van der Waals surface area contributed by atoms with Crippen molar-refractivity contribution in [3.63, 3.8) is 0 Å². The number of benzene rings is 1. The molecule has 1 heterocycles. The van der Waals surface area contributed by atoms with Gasteiger partial charge in [-0.15, -0.1) is 0 Å². The first-order chi connectivity index (χ1) is 9.77. The summed E-state index contributed by atoms with van der Waals surface area (Å²) < 4.78 is 5.03. The summed E-state index contributed by atoms with van der Waals surface area (Å²) in [6, 6.07) is 4.58. The van der Waals surface area contributed by atoms with Gasteiger partial charge < -0.3 is 15.4 Å². The molecule has 0 bridgehead atoms. The van der Waals surface area contributed by atoms with Crippen LogP contribution in [-0.4, -0.2) is 41.8 Å². The van der Waals surface area contributed by atoms with Gasteiger partial charge in [0.2, 0.25) is 5.91 Å². The van der Waals surface area contributed by atoms with Crippen molar-refractivity contribution in [1.29, 1.82) is 0 Å². The average molecular weight is 291 g/mol. The second-order valence-electron chi connectivity index (χ2n) is 5.28. The number of nitrogens with zero attached hydrogens (tertiary/aromatic N) is 1. The Balaban J connectivity index is 2.36. The molecule has 0 aliphatic carbocycles. The number of nitrogens with one attached hydrogen (secondary N) is 1. The summed E-state index contributed by atoms with van der Waals surface area (Å²) >= 11 is 0. The number of nitrogens with two attached hydrogens (primary N) is 1. The van der Waals surface area contributed by atoms with Crippen molar-refractivity contribution in [2.75, 3.05) is 19.4 Å². The molecule has 21 heavy (non-hydrogen) atoms. The van der Waals surface area contributed by atoms with Gasteiger partial charge >= 0.3 is 0 Å². The number of hydrogen-bond acceptors (Lipinski definition) is 5. The minimum Gasteiger partial charge on any atom is -0.495 e. The molecule has 0 atom stereocenters. The van der Waals surface area contributed by atoms with Crippen molar-refractivity contribution in [2.24, 2.45) is 0 Å². The first-order valence-corrected chi connectivity index (χ1v) is 6.37. The van der Waals surface area contributed by atoms with Crippen molar-refractivity contribution in [1.82, 2.24) is 10.2 Å². The van der Waals surface area contributed by atoms with Gasteiger partial charge in [0.05, 0.1) is 12.8 Å². The topological polar surface area (TPSA) is 102 Å². The van der Waals surface area contributed by atoms with Crippen LogP contribution in [0.5, 0.6) is 5.75 Å². The second kappa shape index (κ2) is 5.08. The molecular formula is C14H17N3O4. The average Bonchev–Trinajstić information content (AvgIpc) is 2.42. The first kappa shape index (κ1) is 14.8. The van der Waals surface area contributed by atoms with Crippen LogP contribution in [0.25, 0.3) is 0 Å². The molecule has 3 amide bonds. The van der Waals surface area contributed by atoms with Gasteiger partial charge in [-0.2, -0.15) is 0 Å². The third kappa shape index (κ3) is 2.54. The zero-order valence-corrected chi connectivity index (χ0v) is 12.1. The maximum absolute atomic E-state index is 12.6. The lowest BCUT2D eigenvalue weighted by Gasteiger charge is -2.40. The van der Waals surface area contributed by atoms with E-state index in [2.05, 4.69) is 5.32 Å². The summed E-state index contributed by atoms with van der Waals surface area (Å²) in [5, 5.41) is 2.22. The molecular weight excluding hydrogens is 274 g/mol. The number of imide groups is 1. The lowest BCUT2D eigenvalue weighted by molar-refractivity contribution is -0.143. The van der Waals surface area contributed by atoms with Crippen LogP contribution < -0.4 is 15.8 Å². The molecule has 1 fully saturated rings. The molecule has 7 heteroatoms. The van der Waals surface area contributed by atoms with E-state index in [1.54, 1.807) is 26.0 Å². The standard InChI is InChI=1S/C14H17N3O4/c1-14(2)13(20)16-11(18)7-17(14)12(19)8-4-5-10(21-3)9(15)6-8/h4-6H,7,15H2,1-3H3,(H,16,18,20). The lowest BCUT2D eigenvalue weighted by atomic mass is 9.97. The van der Waals surface area contributed by atoms with E-state index >= 15 is 0 Å². The van der Waals surface area contributed by atoms with Gasteiger partial charge in [-0.1, -0.05) is 0 Å². The number of amides is 3. The maximum atomic E-state index is 12.6. The summed E-state index contributed by atoms with van der Waals surface area (Å²) in [6.45, 7) is 2.99. The predicted octanol–water partition coefficient (Wildman–Crippen LogP) is 0.155. The molecule has 0 spiro atoms. The summed E-state index contributed by atoms with van der Waals surface area (Å²) in [7, 11) is 1.48. The molecule has 0 unspecified atom stereocenters. The Morgan fingerprint density at radius 3 is 2.62 bits per heavy atom. The van der Waals surface area contributed by atoms with Gasteiger partial charge in [0.1, 0.15) is 17.8 Å². The predicted molar refractivity (Wildman–Crippen MR) is 75.7 cm³/mol. The molecule has 1 aromatic carbocycles. The lowest BCUT2D eigenvalue weighted by Crippen LogP contribution is -2.65. The highest BCUT2D eigenvalue weighted by atomic mass is 16.5. The number of anilines is 1. The summed E-state index contributed by atoms with van der Waals surface area (Å²) in [6.07, 6.45) is 0. The molecule has 0 radical (unpaired) electrons. The number of carbonyl (C=O) groups excluding carboxylic acids is 3. The monoisotopic (exact) mass is 291 g/mol. The van der Waals surface area contributed by atoms with Crippen molar-refractivity contribution in [3.8, 4) is 5.75 Å². The Morgan fingerprint density at radius 1 is 1.38 bits per heavy atom. The Labute approximate surface area is 122 Å². The van der Waals surface area contributed by atoms with Gasteiger partial charge in [0, 0.05) is 5.56 Å². The Hall–Kier alpha value is -2.57. The van der Waals surface area contributed by atoms with Crippen molar-refractivity contribution < 1.29 is 19.1 Å². The first-order valence-electron chi connectivity index (χ1n) is 6.37. The van der Waals surface area contributed by atoms with Crippen molar-refractivity contribution in [3.05, 3.63) is 23.8 Å². The van der Waals surface area contributed by atoms with E-state index in [1.165, 1.54) is 18.1 Å². The highest BCUT2D eigenvalue weighted by Gasteiger charge is 2.43. The van der Waals surface area contributed by atoms with Crippen LogP contribution in [0, 0.1) is 0 Å². The fraction of sp³-hybridized carbons (Fsp3) is 0.357. The number of hydrogen-bond donors (Lipinski definition) is 2. The molecule has 112 valence electrons. The van der Waals surface area contributed by atoms with Crippen LogP contribution in [0.3, 0.4) is 0 Å². The summed E-state index contributed by atoms with van der Waals surface area (Å²) in [4.78, 5) is 37.2. The number of methoxy groups -OCH3 is 1. The van der Waals surface area contributed by atoms with Crippen LogP contribution in [0.2, 0.25) is 0 Å². The van der Waals surface area contributed by atoms with Gasteiger partial charge in [-0.05, 0) is 32.0 Å². The van der Waals surface area contributed by atoms with Gasteiger partial charge in [0.25, 0.3) is 11.8 Å². The highest BCUT2D eigenvalue weighted by Crippen LogP contribution is 2.25. The van der Waals surface area contributed by atoms with E-state index in [-0.39, 0.29) is 6.54 Å². The Bertz CT molecular complexity index is 625. The molecule has 2 rings (SSSR count). The third-order valence-corrected chi connectivity index (χ3v) is 3.51. The molecule has 1 aliphatic rings. The third-order valence-electron chi connectivity index (χ3n) is 3.51. The Kier molecular flexibility index (Phi) is 3.59. The quantitative estimate of drug-likeness (QED) is 0.597.